The molecule has 0 aliphatic rings. The number of hydrogen-bond acceptors (Lipinski definition) is 4. The molecule has 0 saturated carbocycles. The summed E-state index contributed by atoms with van der Waals surface area (Å²) in [6, 6.07) is 11.8. The average Bonchev–Trinajstić information content (AvgIpc) is 2.65. The molecular weight excluding hydrogens is 366 g/mol. The Labute approximate surface area is 161 Å². The van der Waals surface area contributed by atoms with Gasteiger partial charge in [-0.05, 0) is 43.2 Å². The first-order valence-corrected chi connectivity index (χ1v) is 9.02. The fourth-order valence-electron chi connectivity index (χ4n) is 2.71. The summed E-state index contributed by atoms with van der Waals surface area (Å²) in [6.07, 6.45) is 0.863. The highest BCUT2D eigenvalue weighted by atomic mass is 35.5. The number of amides is 2. The highest BCUT2D eigenvalue weighted by molar-refractivity contribution is 6.31. The van der Waals surface area contributed by atoms with Crippen LogP contribution in [0.2, 0.25) is 5.02 Å². The zero-order valence-corrected chi connectivity index (χ0v) is 15.8. The Morgan fingerprint density at radius 3 is 2.63 bits per heavy atom. The predicted octanol–water partition coefficient (Wildman–Crippen LogP) is 5.22. The van der Waals surface area contributed by atoms with Crippen LogP contribution < -0.4 is 21.6 Å². The van der Waals surface area contributed by atoms with Crippen molar-refractivity contribution in [2.24, 2.45) is 0 Å². The van der Waals surface area contributed by atoms with Gasteiger partial charge in [0.05, 0.1) is 5.69 Å². The summed E-state index contributed by atoms with van der Waals surface area (Å²) in [5, 5.41) is 9.81. The van der Waals surface area contributed by atoms with Gasteiger partial charge in [0.25, 0.3) is 0 Å². The summed E-state index contributed by atoms with van der Waals surface area (Å²) in [6.45, 7) is 4.47. The number of carbonyl (C=O) groups excluding carboxylic acids is 1. The highest BCUT2D eigenvalue weighted by Gasteiger charge is 2.17. The Hall–Kier alpha value is -2.99. The summed E-state index contributed by atoms with van der Waals surface area (Å²) in [5.41, 5.74) is 1.75. The summed E-state index contributed by atoms with van der Waals surface area (Å²) < 4.78 is 5.35. The lowest BCUT2D eigenvalue weighted by Gasteiger charge is -2.15. The quantitative estimate of drug-likeness (QED) is 0.526. The summed E-state index contributed by atoms with van der Waals surface area (Å²) in [4.78, 5) is 24.9. The number of para-hydroxylation sites is 1. The fraction of sp³-hybridized carbons (Fsp3) is 0.200. The Bertz CT molecular complexity index is 1050. The molecule has 1 aromatic heterocycles. The van der Waals surface area contributed by atoms with E-state index in [1.807, 2.05) is 19.1 Å². The van der Waals surface area contributed by atoms with E-state index in [0.29, 0.717) is 28.5 Å². The lowest BCUT2D eigenvalue weighted by Crippen LogP contribution is -2.25. The number of urea groups is 1. The van der Waals surface area contributed by atoms with Gasteiger partial charge in [-0.15, -0.1) is 0 Å². The molecule has 0 saturated heterocycles. The van der Waals surface area contributed by atoms with E-state index < -0.39 is 11.7 Å². The molecule has 6 nitrogen and oxygen atoms in total. The molecule has 3 N–H and O–H groups in total. The van der Waals surface area contributed by atoms with Crippen molar-refractivity contribution in [3.05, 3.63) is 63.5 Å². The Morgan fingerprint density at radius 1 is 1.07 bits per heavy atom. The molecule has 0 radical (unpaired) electrons. The van der Waals surface area contributed by atoms with Crippen molar-refractivity contribution < 1.29 is 9.21 Å². The van der Waals surface area contributed by atoms with Gasteiger partial charge in [-0.25, -0.2) is 9.59 Å². The van der Waals surface area contributed by atoms with Gasteiger partial charge in [-0.1, -0.05) is 36.7 Å². The lowest BCUT2D eigenvalue weighted by molar-refractivity contribution is 0.262. The number of rotatable bonds is 5. The Balaban J connectivity index is 1.95. The van der Waals surface area contributed by atoms with Gasteiger partial charge in [0.2, 0.25) is 0 Å². The van der Waals surface area contributed by atoms with E-state index in [-0.39, 0.29) is 5.69 Å². The SMILES string of the molecule is CCCNc1c(NC(=O)Nc2cccc(Cl)c2C)c(=O)oc2ccccc12. The maximum atomic E-state index is 12.5. The third-order valence-electron chi connectivity index (χ3n) is 4.12. The topological polar surface area (TPSA) is 83.4 Å². The van der Waals surface area contributed by atoms with Crippen molar-refractivity contribution in [1.29, 1.82) is 0 Å². The van der Waals surface area contributed by atoms with Crippen LogP contribution in [0.4, 0.5) is 21.9 Å². The van der Waals surface area contributed by atoms with Gasteiger partial charge < -0.3 is 15.1 Å². The van der Waals surface area contributed by atoms with Crippen LogP contribution in [0.5, 0.6) is 0 Å². The van der Waals surface area contributed by atoms with E-state index in [4.69, 9.17) is 16.0 Å². The van der Waals surface area contributed by atoms with Crippen LogP contribution in [-0.2, 0) is 0 Å². The predicted molar refractivity (Wildman–Crippen MR) is 110 cm³/mol. The van der Waals surface area contributed by atoms with E-state index in [0.717, 1.165) is 17.4 Å². The maximum Gasteiger partial charge on any atom is 0.362 e. The molecule has 140 valence electrons. The zero-order chi connectivity index (χ0) is 19.4. The standard InChI is InChI=1S/C20H20ClN3O3/c1-3-11-22-17-13-7-4-5-10-16(13)27-19(25)18(17)24-20(26)23-15-9-6-8-14(21)12(15)2/h4-10,22H,3,11H2,1-2H3,(H2,23,24,26). The lowest BCUT2D eigenvalue weighted by atomic mass is 10.1. The normalized spacial score (nSPS) is 10.6. The summed E-state index contributed by atoms with van der Waals surface area (Å²) in [7, 11) is 0. The molecule has 7 heteroatoms. The highest BCUT2D eigenvalue weighted by Crippen LogP contribution is 2.29. The van der Waals surface area contributed by atoms with Crippen molar-refractivity contribution >= 4 is 45.7 Å². The maximum absolute atomic E-state index is 12.5. The van der Waals surface area contributed by atoms with Crippen LogP contribution >= 0.6 is 11.6 Å². The molecule has 0 aliphatic carbocycles. The molecule has 0 aliphatic heterocycles. The molecule has 0 bridgehead atoms. The molecule has 0 atom stereocenters. The number of benzene rings is 2. The number of hydrogen-bond donors (Lipinski definition) is 3. The number of halogens is 1. The minimum atomic E-state index is -0.620. The molecule has 0 fully saturated rings. The average molecular weight is 386 g/mol. The molecule has 0 unspecified atom stereocenters. The molecular formula is C20H20ClN3O3. The zero-order valence-electron chi connectivity index (χ0n) is 15.1. The monoisotopic (exact) mass is 385 g/mol. The largest absolute Gasteiger partial charge is 0.421 e. The molecule has 0 spiro atoms. The van der Waals surface area contributed by atoms with Gasteiger partial charge in [0.15, 0.2) is 5.69 Å². The van der Waals surface area contributed by atoms with Gasteiger partial charge >= 0.3 is 11.7 Å². The van der Waals surface area contributed by atoms with Gasteiger partial charge in [-0.2, -0.15) is 0 Å². The molecule has 2 amide bonds. The molecule has 3 rings (SSSR count). The number of nitrogens with one attached hydrogen (secondary N) is 3. The van der Waals surface area contributed by atoms with Crippen molar-refractivity contribution in [1.82, 2.24) is 0 Å². The van der Waals surface area contributed by atoms with E-state index >= 15 is 0 Å². The van der Waals surface area contributed by atoms with Gasteiger partial charge in [-0.3, -0.25) is 5.32 Å². The third kappa shape index (κ3) is 4.06. The van der Waals surface area contributed by atoms with Crippen LogP contribution in [0.25, 0.3) is 11.0 Å². The summed E-state index contributed by atoms with van der Waals surface area (Å²) in [5.74, 6) is 0. The van der Waals surface area contributed by atoms with Crippen molar-refractivity contribution in [2.45, 2.75) is 20.3 Å². The number of fused-ring (bicyclic) bond motifs is 1. The van der Waals surface area contributed by atoms with Crippen LogP contribution in [-0.4, -0.2) is 12.6 Å². The van der Waals surface area contributed by atoms with Crippen LogP contribution in [0.3, 0.4) is 0 Å². The van der Waals surface area contributed by atoms with Crippen LogP contribution in [0.1, 0.15) is 18.9 Å². The van der Waals surface area contributed by atoms with Crippen molar-refractivity contribution in [3.8, 4) is 0 Å². The Kier molecular flexibility index (Phi) is 5.66. The van der Waals surface area contributed by atoms with Crippen molar-refractivity contribution in [3.63, 3.8) is 0 Å². The minimum Gasteiger partial charge on any atom is -0.421 e. The Morgan fingerprint density at radius 2 is 1.85 bits per heavy atom. The fourth-order valence-corrected chi connectivity index (χ4v) is 2.88. The first-order chi connectivity index (χ1) is 13.0. The van der Waals surface area contributed by atoms with E-state index in [9.17, 15) is 9.59 Å². The number of anilines is 3. The molecule has 2 aromatic carbocycles. The smallest absolute Gasteiger partial charge is 0.362 e. The second-order valence-electron chi connectivity index (χ2n) is 6.05. The first-order valence-electron chi connectivity index (χ1n) is 8.64. The van der Waals surface area contributed by atoms with Crippen LogP contribution in [0.15, 0.2) is 51.7 Å². The number of carbonyl (C=O) groups is 1. The summed E-state index contributed by atoms with van der Waals surface area (Å²) >= 11 is 6.08. The van der Waals surface area contributed by atoms with E-state index in [1.54, 1.807) is 37.3 Å². The molecule has 27 heavy (non-hydrogen) atoms. The van der Waals surface area contributed by atoms with Gasteiger partial charge in [0.1, 0.15) is 5.58 Å². The second kappa shape index (κ2) is 8.14. The minimum absolute atomic E-state index is 0.0688. The second-order valence-corrected chi connectivity index (χ2v) is 6.46. The van der Waals surface area contributed by atoms with E-state index in [2.05, 4.69) is 16.0 Å². The van der Waals surface area contributed by atoms with Crippen LogP contribution in [0, 0.1) is 6.92 Å². The molecule has 1 heterocycles. The molecule has 3 aromatic rings. The van der Waals surface area contributed by atoms with Crippen molar-refractivity contribution in [2.75, 3.05) is 22.5 Å². The third-order valence-corrected chi connectivity index (χ3v) is 4.53. The first kappa shape index (κ1) is 18.8. The van der Waals surface area contributed by atoms with Gasteiger partial charge in [0, 0.05) is 22.6 Å². The van der Waals surface area contributed by atoms with E-state index in [1.165, 1.54) is 0 Å².